The number of nitrogens with zero attached hydrogens (tertiary/aromatic N) is 1. The van der Waals surface area contributed by atoms with Gasteiger partial charge in [0.1, 0.15) is 0 Å². The molecule has 0 aromatic heterocycles. The van der Waals surface area contributed by atoms with Gasteiger partial charge >= 0.3 is 0 Å². The van der Waals surface area contributed by atoms with Gasteiger partial charge in [-0.2, -0.15) is 0 Å². The second-order valence-corrected chi connectivity index (χ2v) is 5.22. The van der Waals surface area contributed by atoms with Crippen molar-refractivity contribution in [2.24, 2.45) is 0 Å². The third-order valence-corrected chi connectivity index (χ3v) is 3.65. The summed E-state index contributed by atoms with van der Waals surface area (Å²) < 4.78 is 0. The molecule has 3 rings (SSSR count). The van der Waals surface area contributed by atoms with Crippen molar-refractivity contribution >= 4 is 17.3 Å². The first-order valence-corrected chi connectivity index (χ1v) is 6.65. The Balaban J connectivity index is 1.58. The Morgan fingerprint density at radius 2 is 2.28 bits per heavy atom. The monoisotopic (exact) mass is 245 g/mol. The number of amides is 1. The number of carbonyl (C=O) groups is 1. The predicted molar refractivity (Wildman–Crippen MR) is 72.6 cm³/mol. The summed E-state index contributed by atoms with van der Waals surface area (Å²) in [4.78, 5) is 13.9. The average molecular weight is 245 g/mol. The van der Waals surface area contributed by atoms with Gasteiger partial charge in [-0.3, -0.25) is 4.79 Å². The lowest BCUT2D eigenvalue weighted by Gasteiger charge is -2.19. The van der Waals surface area contributed by atoms with Crippen molar-refractivity contribution in [1.82, 2.24) is 5.32 Å². The second kappa shape index (κ2) is 4.52. The Hall–Kier alpha value is -1.71. The summed E-state index contributed by atoms with van der Waals surface area (Å²) in [6.07, 6.45) is 3.92. The molecule has 4 heteroatoms. The molecule has 96 valence electrons. The van der Waals surface area contributed by atoms with Crippen molar-refractivity contribution < 1.29 is 4.79 Å². The van der Waals surface area contributed by atoms with Crippen molar-refractivity contribution in [3.8, 4) is 0 Å². The Morgan fingerprint density at radius 1 is 1.44 bits per heavy atom. The van der Waals surface area contributed by atoms with Crippen LogP contribution in [0, 0.1) is 0 Å². The Bertz CT molecular complexity index is 468. The van der Waals surface area contributed by atoms with Crippen LogP contribution in [0.2, 0.25) is 0 Å². The van der Waals surface area contributed by atoms with E-state index in [1.54, 1.807) is 0 Å². The standard InChI is InChI=1S/C14H19N3O/c15-11-2-1-10-5-7-17(13(10)9-11)8-6-14(18)16-12-3-4-12/h1-2,9,12H,3-8,15H2,(H,16,18). The number of carbonyl (C=O) groups excluding carboxylic acids is 1. The minimum Gasteiger partial charge on any atom is -0.399 e. The molecule has 3 N–H and O–H groups in total. The fraction of sp³-hybridized carbons (Fsp3) is 0.500. The summed E-state index contributed by atoms with van der Waals surface area (Å²) in [5, 5.41) is 3.02. The van der Waals surface area contributed by atoms with Crippen molar-refractivity contribution in [3.63, 3.8) is 0 Å². The highest BCUT2D eigenvalue weighted by Crippen LogP contribution is 2.29. The van der Waals surface area contributed by atoms with E-state index >= 15 is 0 Å². The van der Waals surface area contributed by atoms with E-state index in [0.29, 0.717) is 12.5 Å². The van der Waals surface area contributed by atoms with E-state index in [4.69, 9.17) is 5.73 Å². The summed E-state index contributed by atoms with van der Waals surface area (Å²) in [6, 6.07) is 6.51. The van der Waals surface area contributed by atoms with Crippen molar-refractivity contribution in [2.75, 3.05) is 23.7 Å². The first-order chi connectivity index (χ1) is 8.72. The van der Waals surface area contributed by atoms with Gasteiger partial charge in [-0.1, -0.05) is 6.07 Å². The van der Waals surface area contributed by atoms with E-state index in [1.165, 1.54) is 11.3 Å². The van der Waals surface area contributed by atoms with Crippen LogP contribution in [0.15, 0.2) is 18.2 Å². The van der Waals surface area contributed by atoms with Gasteiger partial charge < -0.3 is 16.0 Å². The molecule has 0 spiro atoms. The minimum absolute atomic E-state index is 0.176. The molecule has 18 heavy (non-hydrogen) atoms. The molecule has 0 radical (unpaired) electrons. The minimum atomic E-state index is 0.176. The third-order valence-electron chi connectivity index (χ3n) is 3.65. The quantitative estimate of drug-likeness (QED) is 0.786. The third kappa shape index (κ3) is 2.42. The zero-order valence-corrected chi connectivity index (χ0v) is 10.5. The molecule has 2 aliphatic rings. The summed E-state index contributed by atoms with van der Waals surface area (Å²) in [7, 11) is 0. The lowest BCUT2D eigenvalue weighted by molar-refractivity contribution is -0.121. The van der Waals surface area contributed by atoms with Crippen molar-refractivity contribution in [2.45, 2.75) is 31.7 Å². The highest BCUT2D eigenvalue weighted by Gasteiger charge is 2.24. The fourth-order valence-corrected chi connectivity index (χ4v) is 2.46. The van der Waals surface area contributed by atoms with E-state index in [1.807, 2.05) is 12.1 Å². The molecule has 1 fully saturated rings. The summed E-state index contributed by atoms with van der Waals surface area (Å²) >= 11 is 0. The van der Waals surface area contributed by atoms with Gasteiger partial charge in [0, 0.05) is 36.9 Å². The number of fused-ring (bicyclic) bond motifs is 1. The van der Waals surface area contributed by atoms with E-state index in [-0.39, 0.29) is 5.91 Å². The summed E-state index contributed by atoms with van der Waals surface area (Å²) in [6.45, 7) is 1.78. The largest absolute Gasteiger partial charge is 0.399 e. The second-order valence-electron chi connectivity index (χ2n) is 5.22. The number of benzene rings is 1. The number of hydrogen-bond donors (Lipinski definition) is 2. The molecule has 1 aromatic rings. The predicted octanol–water partition coefficient (Wildman–Crippen LogP) is 1.30. The van der Waals surface area contributed by atoms with Crippen molar-refractivity contribution in [1.29, 1.82) is 0 Å². The molecule has 4 nitrogen and oxygen atoms in total. The van der Waals surface area contributed by atoms with Gasteiger partial charge in [-0.05, 0) is 37.0 Å². The highest BCUT2D eigenvalue weighted by molar-refractivity contribution is 5.77. The van der Waals surface area contributed by atoms with Crippen LogP contribution in [0.25, 0.3) is 0 Å². The SMILES string of the molecule is Nc1ccc2c(c1)N(CCC(=O)NC1CC1)CC2. The first-order valence-electron chi connectivity index (χ1n) is 6.65. The molecular weight excluding hydrogens is 226 g/mol. The zero-order chi connectivity index (χ0) is 12.5. The van der Waals surface area contributed by atoms with E-state index in [2.05, 4.69) is 16.3 Å². The van der Waals surface area contributed by atoms with Crippen LogP contribution < -0.4 is 16.0 Å². The molecule has 0 unspecified atom stereocenters. The van der Waals surface area contributed by atoms with Crippen LogP contribution in [0.5, 0.6) is 0 Å². The van der Waals surface area contributed by atoms with Crippen LogP contribution >= 0.6 is 0 Å². The van der Waals surface area contributed by atoms with Gasteiger partial charge in [0.15, 0.2) is 0 Å². The van der Waals surface area contributed by atoms with Gasteiger partial charge in [0.05, 0.1) is 0 Å². The number of hydrogen-bond acceptors (Lipinski definition) is 3. The van der Waals surface area contributed by atoms with Crippen LogP contribution in [0.3, 0.4) is 0 Å². The van der Waals surface area contributed by atoms with Gasteiger partial charge in [0.25, 0.3) is 0 Å². The molecule has 0 saturated heterocycles. The van der Waals surface area contributed by atoms with Crippen LogP contribution in [-0.2, 0) is 11.2 Å². The van der Waals surface area contributed by atoms with Crippen LogP contribution in [0.4, 0.5) is 11.4 Å². The maximum absolute atomic E-state index is 11.7. The molecule has 1 aliphatic carbocycles. The fourth-order valence-electron chi connectivity index (χ4n) is 2.46. The molecule has 1 saturated carbocycles. The first kappa shape index (κ1) is 11.4. The Labute approximate surface area is 107 Å². The van der Waals surface area contributed by atoms with Crippen LogP contribution in [-0.4, -0.2) is 25.0 Å². The normalized spacial score (nSPS) is 17.7. The average Bonchev–Trinajstić information content (AvgIpc) is 3.06. The van der Waals surface area contributed by atoms with Crippen molar-refractivity contribution in [3.05, 3.63) is 23.8 Å². The Morgan fingerprint density at radius 3 is 3.06 bits per heavy atom. The van der Waals surface area contributed by atoms with Gasteiger partial charge in [0.2, 0.25) is 5.91 Å². The zero-order valence-electron chi connectivity index (χ0n) is 10.5. The molecular formula is C14H19N3O. The van der Waals surface area contributed by atoms with E-state index in [9.17, 15) is 4.79 Å². The summed E-state index contributed by atoms with van der Waals surface area (Å²) in [5.41, 5.74) is 9.15. The molecule has 1 amide bonds. The highest BCUT2D eigenvalue weighted by atomic mass is 16.1. The summed E-state index contributed by atoms with van der Waals surface area (Å²) in [5.74, 6) is 0.176. The van der Waals surface area contributed by atoms with Gasteiger partial charge in [-0.25, -0.2) is 0 Å². The smallest absolute Gasteiger partial charge is 0.221 e. The lowest BCUT2D eigenvalue weighted by Crippen LogP contribution is -2.31. The van der Waals surface area contributed by atoms with Gasteiger partial charge in [-0.15, -0.1) is 0 Å². The van der Waals surface area contributed by atoms with E-state index in [0.717, 1.165) is 38.0 Å². The topological polar surface area (TPSA) is 58.4 Å². The van der Waals surface area contributed by atoms with Crippen LogP contribution in [0.1, 0.15) is 24.8 Å². The maximum atomic E-state index is 11.7. The molecule has 0 bridgehead atoms. The molecule has 1 heterocycles. The number of nitrogens with two attached hydrogens (primary N) is 1. The number of nitrogens with one attached hydrogen (secondary N) is 1. The molecule has 1 aliphatic heterocycles. The Kier molecular flexibility index (Phi) is 2.86. The van der Waals surface area contributed by atoms with E-state index < -0.39 is 0 Å². The maximum Gasteiger partial charge on any atom is 0.221 e. The number of anilines is 2. The molecule has 0 atom stereocenters. The number of rotatable bonds is 4. The lowest BCUT2D eigenvalue weighted by atomic mass is 10.1. The number of nitrogen functional groups attached to an aromatic ring is 1. The molecule has 1 aromatic carbocycles.